The quantitative estimate of drug-likeness (QED) is 0.367. The Morgan fingerprint density at radius 2 is 1.50 bits per heavy atom. The number of nitrogens with zero attached hydrogens (tertiary/aromatic N) is 1. The van der Waals surface area contributed by atoms with Crippen LogP contribution in [0.2, 0.25) is 0 Å². The van der Waals surface area contributed by atoms with Crippen molar-refractivity contribution in [1.82, 2.24) is 4.90 Å². The van der Waals surface area contributed by atoms with Crippen LogP contribution in [-0.4, -0.2) is 46.3 Å². The van der Waals surface area contributed by atoms with Crippen molar-refractivity contribution < 1.29 is 15.0 Å². The molecule has 1 aliphatic heterocycles. The van der Waals surface area contributed by atoms with Crippen molar-refractivity contribution in [2.45, 2.75) is 138 Å². The summed E-state index contributed by atoms with van der Waals surface area (Å²) < 4.78 is 0. The first-order chi connectivity index (χ1) is 17.6. The number of carbonyl (C=O) groups is 1. The molecule has 8 atom stereocenters. The molecule has 5 aliphatic carbocycles. The summed E-state index contributed by atoms with van der Waals surface area (Å²) in [5.74, 6) is 1.58. The van der Waals surface area contributed by atoms with Crippen molar-refractivity contribution in [1.29, 1.82) is 0 Å². The van der Waals surface area contributed by atoms with Gasteiger partial charge in [0.2, 0.25) is 5.91 Å². The summed E-state index contributed by atoms with van der Waals surface area (Å²) in [6, 6.07) is 0. The first-order valence-electron chi connectivity index (χ1n) is 16.0. The van der Waals surface area contributed by atoms with Crippen LogP contribution in [0.5, 0.6) is 0 Å². The third-order valence-electron chi connectivity index (χ3n) is 14.4. The molecule has 1 heterocycles. The molecule has 4 saturated carbocycles. The number of aliphatic hydroxyl groups excluding tert-OH is 2. The number of amides is 1. The van der Waals surface area contributed by atoms with Crippen LogP contribution in [0, 0.1) is 44.3 Å². The van der Waals surface area contributed by atoms with Crippen LogP contribution in [-0.2, 0) is 4.79 Å². The topological polar surface area (TPSA) is 60.8 Å². The summed E-state index contributed by atoms with van der Waals surface area (Å²) in [4.78, 5) is 16.4. The standard InChI is InChI=1S/C34H55NO3/c1-29(2)15-17-34(28(38)35-19-12-22(36)21-35)18-16-32(6)23(24(34)20-29)8-9-26-31(5)13-11-27(37)30(3,4)25(31)10-14-33(26,32)7/h22,25-27,36-37H,8-21H2,1-7H3/t22-,25-,26+,27-,31-,32+,33+,34-/m0/s1. The summed E-state index contributed by atoms with van der Waals surface area (Å²) in [5.41, 5.74) is 3.72. The first-order valence-corrected chi connectivity index (χ1v) is 16.0. The SMILES string of the molecule is CC1(C)CC[C@]2(C(=O)N3CC[C@H](O)C3)CC[C@]3(C)C(=C2C1)CC[C@@H]1[C@@]2(C)CC[C@H](O)C(C)(C)[C@@H]2CC[C@]13C. The number of rotatable bonds is 1. The number of hydrogen-bond acceptors (Lipinski definition) is 3. The smallest absolute Gasteiger partial charge is 0.232 e. The Bertz CT molecular complexity index is 1040. The molecule has 1 saturated heterocycles. The van der Waals surface area contributed by atoms with Gasteiger partial charge in [0.1, 0.15) is 0 Å². The van der Waals surface area contributed by atoms with Gasteiger partial charge in [-0.25, -0.2) is 0 Å². The highest BCUT2D eigenvalue weighted by molar-refractivity contribution is 5.87. The summed E-state index contributed by atoms with van der Waals surface area (Å²) in [6.07, 6.45) is 12.3. The molecule has 4 nitrogen and oxygen atoms in total. The van der Waals surface area contributed by atoms with E-state index in [9.17, 15) is 15.0 Å². The largest absolute Gasteiger partial charge is 0.393 e. The van der Waals surface area contributed by atoms with Gasteiger partial charge in [-0.3, -0.25) is 4.79 Å². The van der Waals surface area contributed by atoms with Crippen molar-refractivity contribution in [2.24, 2.45) is 44.3 Å². The van der Waals surface area contributed by atoms with Crippen LogP contribution < -0.4 is 0 Å². The van der Waals surface area contributed by atoms with Gasteiger partial charge in [0.05, 0.1) is 17.6 Å². The zero-order valence-electron chi connectivity index (χ0n) is 25.5. The first kappa shape index (κ1) is 27.3. The lowest BCUT2D eigenvalue weighted by Gasteiger charge is -2.71. The van der Waals surface area contributed by atoms with E-state index in [4.69, 9.17) is 0 Å². The Kier molecular flexibility index (Phi) is 5.99. The lowest BCUT2D eigenvalue weighted by molar-refractivity contribution is -0.204. The lowest BCUT2D eigenvalue weighted by atomic mass is 9.34. The molecule has 0 spiro atoms. The van der Waals surface area contributed by atoms with E-state index in [0.29, 0.717) is 30.8 Å². The Balaban J connectivity index is 1.43. The maximum atomic E-state index is 14.4. The van der Waals surface area contributed by atoms with Crippen molar-refractivity contribution >= 4 is 5.91 Å². The van der Waals surface area contributed by atoms with E-state index in [0.717, 1.165) is 57.8 Å². The van der Waals surface area contributed by atoms with Gasteiger partial charge in [-0.2, -0.15) is 0 Å². The van der Waals surface area contributed by atoms with E-state index >= 15 is 0 Å². The van der Waals surface area contributed by atoms with Crippen LogP contribution in [0.1, 0.15) is 126 Å². The summed E-state index contributed by atoms with van der Waals surface area (Å²) in [5, 5.41) is 21.3. The van der Waals surface area contributed by atoms with E-state index in [1.807, 2.05) is 4.90 Å². The molecule has 214 valence electrons. The molecule has 38 heavy (non-hydrogen) atoms. The van der Waals surface area contributed by atoms with Crippen LogP contribution in [0.3, 0.4) is 0 Å². The Labute approximate surface area is 232 Å². The Hall–Kier alpha value is -0.870. The number of aliphatic hydroxyl groups is 2. The molecule has 6 aliphatic rings. The normalized spacial score (nSPS) is 49.6. The third kappa shape index (κ3) is 3.44. The molecular formula is C34H55NO3. The highest BCUT2D eigenvalue weighted by Gasteiger charge is 2.68. The zero-order valence-corrected chi connectivity index (χ0v) is 25.5. The minimum Gasteiger partial charge on any atom is -0.393 e. The predicted octanol–water partition coefficient (Wildman–Crippen LogP) is 6.89. The molecule has 0 aromatic heterocycles. The zero-order chi connectivity index (χ0) is 27.5. The molecular weight excluding hydrogens is 470 g/mol. The van der Waals surface area contributed by atoms with Gasteiger partial charge >= 0.3 is 0 Å². The van der Waals surface area contributed by atoms with E-state index in [1.165, 1.54) is 24.8 Å². The van der Waals surface area contributed by atoms with E-state index in [2.05, 4.69) is 48.5 Å². The van der Waals surface area contributed by atoms with Crippen LogP contribution in [0.25, 0.3) is 0 Å². The van der Waals surface area contributed by atoms with E-state index < -0.39 is 0 Å². The Morgan fingerprint density at radius 3 is 2.18 bits per heavy atom. The minimum atomic E-state index is -0.358. The highest BCUT2D eigenvalue weighted by atomic mass is 16.3. The van der Waals surface area contributed by atoms with Gasteiger partial charge in [-0.1, -0.05) is 59.6 Å². The molecule has 4 heteroatoms. The lowest BCUT2D eigenvalue weighted by Crippen LogP contribution is -2.64. The average Bonchev–Trinajstić information content (AvgIpc) is 3.27. The predicted molar refractivity (Wildman–Crippen MR) is 152 cm³/mol. The van der Waals surface area contributed by atoms with Crippen molar-refractivity contribution in [3.05, 3.63) is 11.1 Å². The van der Waals surface area contributed by atoms with Crippen LogP contribution >= 0.6 is 0 Å². The molecule has 1 amide bonds. The van der Waals surface area contributed by atoms with Gasteiger partial charge in [0.15, 0.2) is 0 Å². The highest BCUT2D eigenvalue weighted by Crippen LogP contribution is 2.75. The number of likely N-dealkylation sites (tertiary alicyclic amines) is 1. The molecule has 0 bridgehead atoms. The van der Waals surface area contributed by atoms with Crippen LogP contribution in [0.15, 0.2) is 11.1 Å². The second-order valence-electron chi connectivity index (χ2n) is 16.9. The fourth-order valence-electron chi connectivity index (χ4n) is 11.8. The average molecular weight is 526 g/mol. The third-order valence-corrected chi connectivity index (χ3v) is 14.4. The minimum absolute atomic E-state index is 0.0181. The van der Waals surface area contributed by atoms with Crippen molar-refractivity contribution in [2.75, 3.05) is 13.1 Å². The molecule has 2 N–H and O–H groups in total. The van der Waals surface area contributed by atoms with E-state index in [-0.39, 0.29) is 44.7 Å². The second kappa shape index (κ2) is 8.34. The molecule has 0 aromatic carbocycles. The number of β-amino-alcohol motifs (C(OH)–C–C–N with tert-alkyl or cyclic N) is 1. The fraction of sp³-hybridized carbons (Fsp3) is 0.912. The van der Waals surface area contributed by atoms with Gasteiger partial charge < -0.3 is 15.1 Å². The monoisotopic (exact) mass is 525 g/mol. The fourth-order valence-corrected chi connectivity index (χ4v) is 11.8. The number of allylic oxidation sites excluding steroid dienone is 1. The van der Waals surface area contributed by atoms with Gasteiger partial charge in [0, 0.05) is 13.1 Å². The molecule has 5 fully saturated rings. The summed E-state index contributed by atoms with van der Waals surface area (Å²) in [7, 11) is 0. The Morgan fingerprint density at radius 1 is 0.789 bits per heavy atom. The number of fused-ring (bicyclic) bond motifs is 6. The molecule has 6 rings (SSSR count). The summed E-state index contributed by atoms with van der Waals surface area (Å²) >= 11 is 0. The number of hydrogen-bond donors (Lipinski definition) is 2. The van der Waals surface area contributed by atoms with Crippen molar-refractivity contribution in [3.63, 3.8) is 0 Å². The second-order valence-corrected chi connectivity index (χ2v) is 16.9. The van der Waals surface area contributed by atoms with Gasteiger partial charge in [-0.15, -0.1) is 0 Å². The molecule has 0 unspecified atom stereocenters. The van der Waals surface area contributed by atoms with E-state index in [1.54, 1.807) is 5.57 Å². The van der Waals surface area contributed by atoms with Crippen molar-refractivity contribution in [3.8, 4) is 0 Å². The van der Waals surface area contributed by atoms with Crippen LogP contribution in [0.4, 0.5) is 0 Å². The number of carbonyl (C=O) groups excluding carboxylic acids is 1. The van der Waals surface area contributed by atoms with Gasteiger partial charge in [0.25, 0.3) is 0 Å². The molecule has 0 radical (unpaired) electrons. The maximum absolute atomic E-state index is 14.4. The van der Waals surface area contributed by atoms with Gasteiger partial charge in [-0.05, 0) is 116 Å². The molecule has 0 aromatic rings. The summed E-state index contributed by atoms with van der Waals surface area (Å²) in [6.45, 7) is 18.6. The maximum Gasteiger partial charge on any atom is 0.232 e.